The number of nitriles is 1. The largest absolute Gasteiger partial charge is 0.389 e. The highest BCUT2D eigenvalue weighted by Gasteiger charge is 2.31. The van der Waals surface area contributed by atoms with Crippen molar-refractivity contribution in [2.75, 3.05) is 0 Å². The molecule has 0 aliphatic carbocycles. The fourth-order valence-corrected chi connectivity index (χ4v) is 1.77. The van der Waals surface area contributed by atoms with Crippen LogP contribution in [0.15, 0.2) is 0 Å². The van der Waals surface area contributed by atoms with Gasteiger partial charge in [-0.3, -0.25) is 0 Å². The van der Waals surface area contributed by atoms with Gasteiger partial charge in [0.2, 0.25) is 0 Å². The van der Waals surface area contributed by atoms with Gasteiger partial charge in [0.25, 0.3) is 0 Å². The van der Waals surface area contributed by atoms with Crippen molar-refractivity contribution in [3.63, 3.8) is 0 Å². The Bertz CT molecular complexity index is 179. The standard InChI is InChI=1S/C11H21NO/c1-5-6-10(8-12)11(4,13)7-9(2)3/h9-10,13H,5-7H2,1-4H3. The molecule has 0 bridgehead atoms. The second-order valence-corrected chi connectivity index (χ2v) is 4.43. The third-order valence-electron chi connectivity index (χ3n) is 2.31. The molecule has 0 saturated carbocycles. The SMILES string of the molecule is CCCC(C#N)C(C)(O)CC(C)C. The van der Waals surface area contributed by atoms with Crippen molar-refractivity contribution in [1.29, 1.82) is 5.26 Å². The highest BCUT2D eigenvalue weighted by atomic mass is 16.3. The van der Waals surface area contributed by atoms with Crippen molar-refractivity contribution in [2.45, 2.75) is 52.6 Å². The maximum absolute atomic E-state index is 10.1. The Kier molecular flexibility index (Phi) is 5.02. The van der Waals surface area contributed by atoms with Gasteiger partial charge in [-0.1, -0.05) is 27.2 Å². The normalized spacial score (nSPS) is 17.9. The Morgan fingerprint density at radius 1 is 1.46 bits per heavy atom. The Morgan fingerprint density at radius 3 is 2.31 bits per heavy atom. The maximum atomic E-state index is 10.1. The molecule has 0 aliphatic heterocycles. The van der Waals surface area contributed by atoms with Crippen LogP contribution < -0.4 is 0 Å². The summed E-state index contributed by atoms with van der Waals surface area (Å²) in [6.45, 7) is 7.94. The molecule has 2 nitrogen and oxygen atoms in total. The summed E-state index contributed by atoms with van der Waals surface area (Å²) in [5.74, 6) is 0.211. The van der Waals surface area contributed by atoms with E-state index in [1.165, 1.54) is 0 Å². The molecular formula is C11H21NO. The summed E-state index contributed by atoms with van der Waals surface area (Å²) in [4.78, 5) is 0. The van der Waals surface area contributed by atoms with Crippen LogP contribution in [0.4, 0.5) is 0 Å². The van der Waals surface area contributed by atoms with Gasteiger partial charge >= 0.3 is 0 Å². The number of aliphatic hydroxyl groups is 1. The van der Waals surface area contributed by atoms with E-state index in [-0.39, 0.29) is 5.92 Å². The van der Waals surface area contributed by atoms with E-state index in [0.717, 1.165) is 12.8 Å². The highest BCUT2D eigenvalue weighted by Crippen LogP contribution is 2.27. The van der Waals surface area contributed by atoms with Crippen LogP contribution in [-0.2, 0) is 0 Å². The Morgan fingerprint density at radius 2 is 2.00 bits per heavy atom. The van der Waals surface area contributed by atoms with E-state index in [1.807, 2.05) is 6.92 Å². The smallest absolute Gasteiger partial charge is 0.0779 e. The molecular weight excluding hydrogens is 162 g/mol. The quantitative estimate of drug-likeness (QED) is 0.712. The second-order valence-electron chi connectivity index (χ2n) is 4.43. The van der Waals surface area contributed by atoms with Crippen molar-refractivity contribution < 1.29 is 5.11 Å². The minimum absolute atomic E-state index is 0.222. The monoisotopic (exact) mass is 183 g/mol. The predicted octanol–water partition coefficient (Wildman–Crippen LogP) is 2.72. The third-order valence-corrected chi connectivity index (χ3v) is 2.31. The van der Waals surface area contributed by atoms with Gasteiger partial charge in [-0.25, -0.2) is 0 Å². The molecule has 0 aromatic carbocycles. The lowest BCUT2D eigenvalue weighted by Crippen LogP contribution is -2.35. The summed E-state index contributed by atoms with van der Waals surface area (Å²) in [6, 6.07) is 2.20. The van der Waals surface area contributed by atoms with Crippen LogP contribution in [0.3, 0.4) is 0 Å². The first-order valence-electron chi connectivity index (χ1n) is 5.06. The van der Waals surface area contributed by atoms with Gasteiger partial charge in [0, 0.05) is 0 Å². The second kappa shape index (κ2) is 5.24. The zero-order valence-corrected chi connectivity index (χ0v) is 9.17. The third kappa shape index (κ3) is 4.28. The van der Waals surface area contributed by atoms with Gasteiger partial charge in [-0.05, 0) is 25.7 Å². The topological polar surface area (TPSA) is 44.0 Å². The Hall–Kier alpha value is -0.550. The van der Waals surface area contributed by atoms with Gasteiger partial charge < -0.3 is 5.11 Å². The Balaban J connectivity index is 4.30. The van der Waals surface area contributed by atoms with Crippen LogP contribution in [0.2, 0.25) is 0 Å². The molecule has 2 heteroatoms. The van der Waals surface area contributed by atoms with Crippen LogP contribution in [0.1, 0.15) is 47.0 Å². The van der Waals surface area contributed by atoms with E-state index in [1.54, 1.807) is 6.92 Å². The van der Waals surface area contributed by atoms with Gasteiger partial charge in [0.1, 0.15) is 0 Å². The highest BCUT2D eigenvalue weighted by molar-refractivity contribution is 4.96. The number of hydrogen-bond acceptors (Lipinski definition) is 2. The summed E-state index contributed by atoms with van der Waals surface area (Å²) in [6.07, 6.45) is 2.44. The molecule has 0 aromatic rings. The van der Waals surface area contributed by atoms with Gasteiger partial charge in [-0.2, -0.15) is 5.26 Å². The number of nitrogens with zero attached hydrogens (tertiary/aromatic N) is 1. The first kappa shape index (κ1) is 12.4. The van der Waals surface area contributed by atoms with Crippen LogP contribution in [-0.4, -0.2) is 10.7 Å². The average molecular weight is 183 g/mol. The van der Waals surface area contributed by atoms with Crippen molar-refractivity contribution in [2.24, 2.45) is 11.8 Å². The van der Waals surface area contributed by atoms with Crippen LogP contribution >= 0.6 is 0 Å². The summed E-state index contributed by atoms with van der Waals surface area (Å²) in [5.41, 5.74) is -0.821. The zero-order chi connectivity index (χ0) is 10.5. The molecule has 0 amide bonds. The van der Waals surface area contributed by atoms with E-state index in [2.05, 4.69) is 19.9 Å². The summed E-state index contributed by atoms with van der Waals surface area (Å²) < 4.78 is 0. The lowest BCUT2D eigenvalue weighted by molar-refractivity contribution is -0.00153. The minimum atomic E-state index is -0.821. The van der Waals surface area contributed by atoms with E-state index < -0.39 is 5.60 Å². The van der Waals surface area contributed by atoms with Crippen molar-refractivity contribution in [3.8, 4) is 6.07 Å². The number of hydrogen-bond donors (Lipinski definition) is 1. The molecule has 0 aromatic heterocycles. The zero-order valence-electron chi connectivity index (χ0n) is 9.17. The molecule has 76 valence electrons. The van der Waals surface area contributed by atoms with E-state index >= 15 is 0 Å². The Labute approximate surface area is 81.6 Å². The molecule has 0 fully saturated rings. The molecule has 0 saturated heterocycles. The fourth-order valence-electron chi connectivity index (χ4n) is 1.77. The van der Waals surface area contributed by atoms with Crippen LogP contribution in [0.5, 0.6) is 0 Å². The minimum Gasteiger partial charge on any atom is -0.389 e. The molecule has 13 heavy (non-hydrogen) atoms. The maximum Gasteiger partial charge on any atom is 0.0779 e. The van der Waals surface area contributed by atoms with Crippen molar-refractivity contribution in [3.05, 3.63) is 0 Å². The van der Waals surface area contributed by atoms with Gasteiger partial charge in [0.05, 0.1) is 17.6 Å². The van der Waals surface area contributed by atoms with Crippen molar-refractivity contribution >= 4 is 0 Å². The summed E-state index contributed by atoms with van der Waals surface area (Å²) >= 11 is 0. The molecule has 0 spiro atoms. The molecule has 2 atom stereocenters. The lowest BCUT2D eigenvalue weighted by atomic mass is 9.81. The van der Waals surface area contributed by atoms with Crippen molar-refractivity contribution in [1.82, 2.24) is 0 Å². The molecule has 0 rings (SSSR count). The predicted molar refractivity (Wildman–Crippen MR) is 54.1 cm³/mol. The molecule has 0 heterocycles. The lowest BCUT2D eigenvalue weighted by Gasteiger charge is -2.29. The van der Waals surface area contributed by atoms with E-state index in [4.69, 9.17) is 5.26 Å². The summed E-state index contributed by atoms with van der Waals surface area (Å²) in [5, 5.41) is 18.9. The molecule has 1 N–H and O–H groups in total. The summed E-state index contributed by atoms with van der Waals surface area (Å²) in [7, 11) is 0. The van der Waals surface area contributed by atoms with E-state index in [9.17, 15) is 5.11 Å². The molecule has 0 aliphatic rings. The van der Waals surface area contributed by atoms with E-state index in [0.29, 0.717) is 12.3 Å². The molecule has 2 unspecified atom stereocenters. The van der Waals surface area contributed by atoms with Gasteiger partial charge in [-0.15, -0.1) is 0 Å². The number of rotatable bonds is 5. The molecule has 0 radical (unpaired) electrons. The van der Waals surface area contributed by atoms with Crippen LogP contribution in [0, 0.1) is 23.2 Å². The average Bonchev–Trinajstić information content (AvgIpc) is 1.97. The van der Waals surface area contributed by atoms with Gasteiger partial charge in [0.15, 0.2) is 0 Å². The first-order chi connectivity index (χ1) is 5.94. The first-order valence-corrected chi connectivity index (χ1v) is 5.06. The van der Waals surface area contributed by atoms with Crippen LogP contribution in [0.25, 0.3) is 0 Å². The fraction of sp³-hybridized carbons (Fsp3) is 0.909.